The maximum atomic E-state index is 13.2. The normalized spacial score (nSPS) is 10.9. The number of methoxy groups -OCH3 is 2. The van der Waals surface area contributed by atoms with Crippen LogP contribution >= 0.6 is 11.8 Å². The van der Waals surface area contributed by atoms with Crippen LogP contribution in [0.4, 0.5) is 11.4 Å². The van der Waals surface area contributed by atoms with Crippen molar-refractivity contribution in [2.45, 2.75) is 4.90 Å². The number of furan rings is 1. The predicted octanol–water partition coefficient (Wildman–Crippen LogP) is 5.44. The van der Waals surface area contributed by atoms with Gasteiger partial charge in [0.2, 0.25) is 5.91 Å². The van der Waals surface area contributed by atoms with Crippen LogP contribution in [-0.2, 0) is 9.59 Å². The molecule has 0 saturated carbocycles. The number of thioether (sulfide) groups is 1. The van der Waals surface area contributed by atoms with Crippen molar-refractivity contribution in [1.29, 1.82) is 0 Å². The van der Waals surface area contributed by atoms with Crippen molar-refractivity contribution in [2.24, 2.45) is 0 Å². The Balaban J connectivity index is 1.41. The third kappa shape index (κ3) is 7.78. The van der Waals surface area contributed by atoms with E-state index < -0.39 is 11.8 Å². The quantitative estimate of drug-likeness (QED) is 0.166. The molecule has 0 fully saturated rings. The first-order chi connectivity index (χ1) is 19.4. The average Bonchev–Trinajstić information content (AvgIpc) is 3.49. The summed E-state index contributed by atoms with van der Waals surface area (Å²) in [6.45, 7) is 0. The summed E-state index contributed by atoms with van der Waals surface area (Å²) in [6, 6.07) is 24.1. The van der Waals surface area contributed by atoms with E-state index in [9.17, 15) is 14.4 Å². The molecule has 40 heavy (non-hydrogen) atoms. The zero-order valence-electron chi connectivity index (χ0n) is 21.8. The molecule has 0 radical (unpaired) electrons. The molecule has 10 heteroatoms. The number of hydrogen-bond acceptors (Lipinski definition) is 7. The molecule has 0 unspecified atom stereocenters. The molecule has 0 spiro atoms. The molecule has 1 heterocycles. The first kappa shape index (κ1) is 28.1. The van der Waals surface area contributed by atoms with E-state index in [-0.39, 0.29) is 17.4 Å². The summed E-state index contributed by atoms with van der Waals surface area (Å²) in [7, 11) is 3.07. The average molecular weight is 558 g/mol. The molecular weight excluding hydrogens is 530 g/mol. The minimum absolute atomic E-state index is 0.00785. The highest BCUT2D eigenvalue weighted by Gasteiger charge is 2.16. The predicted molar refractivity (Wildman–Crippen MR) is 155 cm³/mol. The van der Waals surface area contributed by atoms with Gasteiger partial charge in [0.05, 0.1) is 31.9 Å². The third-order valence-corrected chi connectivity index (χ3v) is 6.49. The van der Waals surface area contributed by atoms with E-state index in [1.54, 1.807) is 86.0 Å². The van der Waals surface area contributed by atoms with Gasteiger partial charge in [0, 0.05) is 28.3 Å². The van der Waals surface area contributed by atoms with Crippen LogP contribution in [0, 0.1) is 0 Å². The van der Waals surface area contributed by atoms with Gasteiger partial charge in [-0.1, -0.05) is 24.3 Å². The number of nitrogens with one attached hydrogen (secondary N) is 3. The van der Waals surface area contributed by atoms with E-state index in [4.69, 9.17) is 13.9 Å². The largest absolute Gasteiger partial charge is 0.497 e. The number of anilines is 2. The number of carbonyl (C=O) groups is 3. The lowest BCUT2D eigenvalue weighted by molar-refractivity contribution is -0.114. The van der Waals surface area contributed by atoms with Crippen molar-refractivity contribution in [3.63, 3.8) is 0 Å². The van der Waals surface area contributed by atoms with Gasteiger partial charge in [-0.25, -0.2) is 0 Å². The fourth-order valence-corrected chi connectivity index (χ4v) is 4.32. The molecule has 3 aromatic carbocycles. The van der Waals surface area contributed by atoms with E-state index in [2.05, 4.69) is 16.0 Å². The van der Waals surface area contributed by atoms with Crippen molar-refractivity contribution >= 4 is 46.9 Å². The Morgan fingerprint density at radius 1 is 0.875 bits per heavy atom. The second kappa shape index (κ2) is 13.7. The molecule has 0 bridgehead atoms. The van der Waals surface area contributed by atoms with Crippen molar-refractivity contribution in [3.05, 3.63) is 108 Å². The molecule has 0 aliphatic carbocycles. The van der Waals surface area contributed by atoms with E-state index >= 15 is 0 Å². The van der Waals surface area contributed by atoms with Gasteiger partial charge in [0.1, 0.15) is 23.0 Å². The van der Waals surface area contributed by atoms with Crippen LogP contribution in [0.1, 0.15) is 16.1 Å². The summed E-state index contributed by atoms with van der Waals surface area (Å²) in [4.78, 5) is 39.3. The van der Waals surface area contributed by atoms with Gasteiger partial charge in [0.25, 0.3) is 11.8 Å². The maximum absolute atomic E-state index is 13.2. The first-order valence-corrected chi connectivity index (χ1v) is 13.1. The molecular formula is C30H27N3O6S. The number of amides is 3. The number of ether oxygens (including phenoxy) is 2. The smallest absolute Gasteiger partial charge is 0.272 e. The maximum Gasteiger partial charge on any atom is 0.272 e. The minimum atomic E-state index is -0.536. The van der Waals surface area contributed by atoms with Crippen molar-refractivity contribution in [3.8, 4) is 11.5 Å². The Morgan fingerprint density at radius 3 is 2.42 bits per heavy atom. The number of hydrogen-bond donors (Lipinski definition) is 3. The van der Waals surface area contributed by atoms with Gasteiger partial charge in [-0.3, -0.25) is 14.4 Å². The Bertz CT molecular complexity index is 1500. The summed E-state index contributed by atoms with van der Waals surface area (Å²) in [5.41, 5.74) is 1.41. The van der Waals surface area contributed by atoms with Crippen LogP contribution in [0.25, 0.3) is 6.08 Å². The Kier molecular flexibility index (Phi) is 9.62. The Hall–Kier alpha value is -4.96. The van der Waals surface area contributed by atoms with Crippen LogP contribution in [0.2, 0.25) is 0 Å². The third-order valence-electron chi connectivity index (χ3n) is 5.50. The zero-order chi connectivity index (χ0) is 28.3. The molecule has 0 saturated heterocycles. The van der Waals surface area contributed by atoms with E-state index in [0.717, 1.165) is 4.90 Å². The fourth-order valence-electron chi connectivity index (χ4n) is 3.57. The molecule has 4 aromatic rings. The monoisotopic (exact) mass is 557 g/mol. The van der Waals surface area contributed by atoms with E-state index in [0.29, 0.717) is 34.2 Å². The highest BCUT2D eigenvalue weighted by atomic mass is 32.2. The second-order valence-corrected chi connectivity index (χ2v) is 9.33. The molecule has 0 aliphatic heterocycles. The number of rotatable bonds is 11. The summed E-state index contributed by atoms with van der Waals surface area (Å²) in [5.74, 6) is 0.422. The topological polar surface area (TPSA) is 119 Å². The van der Waals surface area contributed by atoms with E-state index in [1.807, 2.05) is 6.07 Å². The highest BCUT2D eigenvalue weighted by molar-refractivity contribution is 8.00. The molecule has 9 nitrogen and oxygen atoms in total. The van der Waals surface area contributed by atoms with Crippen LogP contribution < -0.4 is 25.4 Å². The van der Waals surface area contributed by atoms with Gasteiger partial charge in [-0.2, -0.15) is 0 Å². The molecule has 204 valence electrons. The summed E-state index contributed by atoms with van der Waals surface area (Å²) in [6.07, 6.45) is 2.92. The number of carbonyl (C=O) groups excluding carboxylic acids is 3. The highest BCUT2D eigenvalue weighted by Crippen LogP contribution is 2.29. The molecule has 0 aliphatic rings. The second-order valence-electron chi connectivity index (χ2n) is 8.28. The molecule has 4 rings (SSSR count). The van der Waals surface area contributed by atoms with E-state index in [1.165, 1.54) is 31.2 Å². The lowest BCUT2D eigenvalue weighted by atomic mass is 10.2. The SMILES string of the molecule is COc1ccc(OC)c(NC(=O)CSc2cccc(NC(=O)/C(=C/c3ccco3)NC(=O)c3ccccc3)c2)c1. The van der Waals surface area contributed by atoms with Gasteiger partial charge >= 0.3 is 0 Å². The number of benzene rings is 3. The van der Waals surface area contributed by atoms with Gasteiger partial charge < -0.3 is 29.8 Å². The van der Waals surface area contributed by atoms with Crippen molar-refractivity contribution < 1.29 is 28.3 Å². The van der Waals surface area contributed by atoms with Crippen LogP contribution in [0.5, 0.6) is 11.5 Å². The summed E-state index contributed by atoms with van der Waals surface area (Å²) in [5, 5.41) is 8.29. The first-order valence-electron chi connectivity index (χ1n) is 12.1. The molecule has 3 N–H and O–H groups in total. The zero-order valence-corrected chi connectivity index (χ0v) is 22.6. The van der Waals surface area contributed by atoms with Crippen molar-refractivity contribution in [1.82, 2.24) is 5.32 Å². The van der Waals surface area contributed by atoms with Crippen molar-refractivity contribution in [2.75, 3.05) is 30.6 Å². The van der Waals surface area contributed by atoms with Gasteiger partial charge in [-0.05, 0) is 54.6 Å². The Morgan fingerprint density at radius 2 is 1.70 bits per heavy atom. The van der Waals surface area contributed by atoms with Crippen LogP contribution in [0.15, 0.2) is 106 Å². The van der Waals surface area contributed by atoms with Gasteiger partial charge in [0.15, 0.2) is 0 Å². The van der Waals surface area contributed by atoms with Crippen LogP contribution in [-0.4, -0.2) is 37.7 Å². The summed E-state index contributed by atoms with van der Waals surface area (Å²) >= 11 is 1.30. The molecule has 3 amide bonds. The fraction of sp³-hybridized carbons (Fsp3) is 0.100. The summed E-state index contributed by atoms with van der Waals surface area (Å²) < 4.78 is 15.9. The standard InChI is InChI=1S/C30H27N3O6S/c1-37-22-13-14-27(38-2)25(17-22)32-28(34)19-40-24-12-6-10-21(16-24)31-30(36)26(18-23-11-7-15-39-23)33-29(35)20-8-4-3-5-9-20/h3-18H,19H2,1-2H3,(H,31,36)(H,32,34)(H,33,35)/b26-18-. The minimum Gasteiger partial charge on any atom is -0.497 e. The van der Waals surface area contributed by atoms with Crippen LogP contribution in [0.3, 0.4) is 0 Å². The molecule has 0 atom stereocenters. The Labute approximate surface area is 235 Å². The van der Waals surface area contributed by atoms with Gasteiger partial charge in [-0.15, -0.1) is 11.8 Å². The lowest BCUT2D eigenvalue weighted by Gasteiger charge is -2.12. The molecule has 1 aromatic heterocycles. The lowest BCUT2D eigenvalue weighted by Crippen LogP contribution is -2.30.